The van der Waals surface area contributed by atoms with Crippen LogP contribution in [0.25, 0.3) is 0 Å². The van der Waals surface area contributed by atoms with Crippen LogP contribution in [0, 0.1) is 0 Å². The first-order valence-electron chi connectivity index (χ1n) is 8.03. The van der Waals surface area contributed by atoms with E-state index in [1.165, 1.54) is 0 Å². The monoisotopic (exact) mass is 395 g/mol. The van der Waals surface area contributed by atoms with Gasteiger partial charge in [0.15, 0.2) is 0 Å². The molecule has 3 aromatic rings. The van der Waals surface area contributed by atoms with Gasteiger partial charge in [-0.25, -0.2) is 4.98 Å². The molecule has 0 aliphatic carbocycles. The number of para-hydroxylation sites is 1. The minimum absolute atomic E-state index is 0.155. The van der Waals surface area contributed by atoms with E-state index in [-0.39, 0.29) is 5.91 Å². The van der Waals surface area contributed by atoms with Crippen molar-refractivity contribution in [3.63, 3.8) is 0 Å². The molecule has 0 radical (unpaired) electrons. The van der Waals surface area contributed by atoms with Gasteiger partial charge in [0.2, 0.25) is 0 Å². The average molecular weight is 396 g/mol. The molecule has 1 heterocycles. The van der Waals surface area contributed by atoms with Gasteiger partial charge in [-0.1, -0.05) is 34.1 Å². The van der Waals surface area contributed by atoms with Crippen LogP contribution in [0.5, 0.6) is 0 Å². The number of hydrogen-bond acceptors (Lipinski definition) is 3. The smallest absolute Gasteiger partial charge is 0.255 e. The fourth-order valence-electron chi connectivity index (χ4n) is 2.51. The minimum atomic E-state index is -0.155. The zero-order chi connectivity index (χ0) is 17.6. The lowest BCUT2D eigenvalue weighted by molar-refractivity contribution is 0.102. The standard InChI is InChI=1S/C20H18BrN3O/c1-2-24(18-6-4-3-5-7-18)19-13-12-17(14-22-19)23-20(25)15-8-10-16(21)11-9-15/h3-14H,2H2,1H3,(H,23,25). The predicted molar refractivity (Wildman–Crippen MR) is 105 cm³/mol. The van der Waals surface area contributed by atoms with Crippen LogP contribution in [0.2, 0.25) is 0 Å². The molecule has 0 saturated carbocycles. The van der Waals surface area contributed by atoms with E-state index in [1.807, 2.05) is 42.5 Å². The summed E-state index contributed by atoms with van der Waals surface area (Å²) >= 11 is 3.36. The van der Waals surface area contributed by atoms with Gasteiger partial charge in [-0.15, -0.1) is 0 Å². The summed E-state index contributed by atoms with van der Waals surface area (Å²) in [6, 6.07) is 21.1. The number of halogens is 1. The van der Waals surface area contributed by atoms with Crippen LogP contribution in [-0.2, 0) is 0 Å². The second-order valence-corrected chi connectivity index (χ2v) is 6.36. The normalized spacial score (nSPS) is 10.3. The van der Waals surface area contributed by atoms with Crippen molar-refractivity contribution < 1.29 is 4.79 Å². The van der Waals surface area contributed by atoms with Crippen LogP contribution in [0.15, 0.2) is 77.4 Å². The molecule has 0 spiro atoms. The number of carbonyl (C=O) groups excluding carboxylic acids is 1. The summed E-state index contributed by atoms with van der Waals surface area (Å²) in [5.74, 6) is 0.688. The Morgan fingerprint density at radius 3 is 2.36 bits per heavy atom. The molecule has 0 fully saturated rings. The third-order valence-corrected chi connectivity index (χ3v) is 4.30. The molecule has 0 atom stereocenters. The number of nitrogens with zero attached hydrogens (tertiary/aromatic N) is 2. The number of carbonyl (C=O) groups is 1. The maximum Gasteiger partial charge on any atom is 0.255 e. The Bertz CT molecular complexity index is 833. The third-order valence-electron chi connectivity index (χ3n) is 3.77. The van der Waals surface area contributed by atoms with Crippen molar-refractivity contribution in [2.75, 3.05) is 16.8 Å². The molecule has 0 saturated heterocycles. The van der Waals surface area contributed by atoms with Gasteiger partial charge in [-0.2, -0.15) is 0 Å². The molecule has 2 aromatic carbocycles. The quantitative estimate of drug-likeness (QED) is 0.640. The summed E-state index contributed by atoms with van der Waals surface area (Å²) in [6.07, 6.45) is 1.68. The van der Waals surface area contributed by atoms with Crippen molar-refractivity contribution >= 4 is 39.0 Å². The van der Waals surface area contributed by atoms with Gasteiger partial charge in [0.25, 0.3) is 5.91 Å². The molecule has 126 valence electrons. The first kappa shape index (κ1) is 17.2. The van der Waals surface area contributed by atoms with Crippen molar-refractivity contribution in [3.8, 4) is 0 Å². The maximum atomic E-state index is 12.3. The molecule has 25 heavy (non-hydrogen) atoms. The molecule has 0 bridgehead atoms. The Kier molecular flexibility index (Phi) is 5.46. The number of hydrogen-bond donors (Lipinski definition) is 1. The third kappa shape index (κ3) is 4.25. The molecule has 3 rings (SSSR count). The average Bonchev–Trinajstić information content (AvgIpc) is 2.65. The zero-order valence-corrected chi connectivity index (χ0v) is 15.4. The highest BCUT2D eigenvalue weighted by molar-refractivity contribution is 9.10. The van der Waals surface area contributed by atoms with Crippen LogP contribution in [0.3, 0.4) is 0 Å². The maximum absolute atomic E-state index is 12.3. The molecule has 5 heteroatoms. The number of amides is 1. The van der Waals surface area contributed by atoms with Crippen molar-refractivity contribution in [1.29, 1.82) is 0 Å². The van der Waals surface area contributed by atoms with E-state index in [9.17, 15) is 4.79 Å². The highest BCUT2D eigenvalue weighted by atomic mass is 79.9. The van der Waals surface area contributed by atoms with Crippen molar-refractivity contribution in [3.05, 3.63) is 83.0 Å². The predicted octanol–water partition coefficient (Wildman–Crippen LogP) is 5.25. The van der Waals surface area contributed by atoms with Gasteiger partial charge in [-0.05, 0) is 55.5 Å². The highest BCUT2D eigenvalue weighted by Crippen LogP contribution is 2.23. The van der Waals surface area contributed by atoms with Gasteiger partial charge in [0, 0.05) is 22.3 Å². The number of anilines is 3. The largest absolute Gasteiger partial charge is 0.327 e. The molecular formula is C20H18BrN3O. The van der Waals surface area contributed by atoms with Crippen LogP contribution in [-0.4, -0.2) is 17.4 Å². The van der Waals surface area contributed by atoms with Gasteiger partial charge in [0.05, 0.1) is 11.9 Å². The van der Waals surface area contributed by atoms with Crippen molar-refractivity contribution in [1.82, 2.24) is 4.98 Å². The molecule has 1 N–H and O–H groups in total. The first-order valence-corrected chi connectivity index (χ1v) is 8.82. The second kappa shape index (κ2) is 7.94. The van der Waals surface area contributed by atoms with E-state index in [1.54, 1.807) is 18.3 Å². The fourth-order valence-corrected chi connectivity index (χ4v) is 2.77. The van der Waals surface area contributed by atoms with E-state index in [2.05, 4.69) is 50.2 Å². The lowest BCUT2D eigenvalue weighted by Gasteiger charge is -2.22. The summed E-state index contributed by atoms with van der Waals surface area (Å²) in [5.41, 5.74) is 2.36. The van der Waals surface area contributed by atoms with Gasteiger partial charge in [0.1, 0.15) is 5.82 Å². The lowest BCUT2D eigenvalue weighted by atomic mass is 10.2. The summed E-state index contributed by atoms with van der Waals surface area (Å²) in [4.78, 5) is 18.9. The van der Waals surface area contributed by atoms with Crippen LogP contribution in [0.4, 0.5) is 17.2 Å². The Morgan fingerprint density at radius 1 is 1.04 bits per heavy atom. The molecular weight excluding hydrogens is 378 g/mol. The first-order chi connectivity index (χ1) is 12.2. The number of nitrogens with one attached hydrogen (secondary N) is 1. The Labute approximate surface area is 155 Å². The highest BCUT2D eigenvalue weighted by Gasteiger charge is 2.10. The molecule has 1 amide bonds. The van der Waals surface area contributed by atoms with E-state index in [0.717, 1.165) is 22.5 Å². The van der Waals surface area contributed by atoms with Crippen molar-refractivity contribution in [2.24, 2.45) is 0 Å². The van der Waals surface area contributed by atoms with E-state index < -0.39 is 0 Å². The van der Waals surface area contributed by atoms with E-state index in [4.69, 9.17) is 0 Å². The molecule has 0 aliphatic heterocycles. The molecule has 4 nitrogen and oxygen atoms in total. The number of pyridine rings is 1. The van der Waals surface area contributed by atoms with Gasteiger partial charge in [-0.3, -0.25) is 4.79 Å². The minimum Gasteiger partial charge on any atom is -0.327 e. The summed E-state index contributed by atoms with van der Waals surface area (Å²) in [5, 5.41) is 2.87. The zero-order valence-electron chi connectivity index (χ0n) is 13.8. The molecule has 0 aliphatic rings. The topological polar surface area (TPSA) is 45.2 Å². The van der Waals surface area contributed by atoms with Gasteiger partial charge >= 0.3 is 0 Å². The van der Waals surface area contributed by atoms with E-state index >= 15 is 0 Å². The van der Waals surface area contributed by atoms with Crippen LogP contribution < -0.4 is 10.2 Å². The van der Waals surface area contributed by atoms with Gasteiger partial charge < -0.3 is 10.2 Å². The van der Waals surface area contributed by atoms with Crippen LogP contribution >= 0.6 is 15.9 Å². The molecule has 0 unspecified atom stereocenters. The lowest BCUT2D eigenvalue weighted by Crippen LogP contribution is -2.17. The Hall–Kier alpha value is -2.66. The summed E-state index contributed by atoms with van der Waals surface area (Å²) < 4.78 is 0.940. The Balaban J connectivity index is 1.73. The summed E-state index contributed by atoms with van der Waals surface area (Å²) in [7, 11) is 0. The number of aromatic nitrogens is 1. The fraction of sp³-hybridized carbons (Fsp3) is 0.100. The Morgan fingerprint density at radius 2 is 1.76 bits per heavy atom. The van der Waals surface area contributed by atoms with E-state index in [0.29, 0.717) is 11.3 Å². The van der Waals surface area contributed by atoms with Crippen molar-refractivity contribution in [2.45, 2.75) is 6.92 Å². The number of benzene rings is 2. The second-order valence-electron chi connectivity index (χ2n) is 5.45. The molecule has 1 aromatic heterocycles. The van der Waals surface area contributed by atoms with Crippen LogP contribution in [0.1, 0.15) is 17.3 Å². The number of rotatable bonds is 5. The SMILES string of the molecule is CCN(c1ccccc1)c1ccc(NC(=O)c2ccc(Br)cc2)cn1. The summed E-state index contributed by atoms with van der Waals surface area (Å²) in [6.45, 7) is 2.89.